The smallest absolute Gasteiger partial charge is 0.0843 e. The van der Waals surface area contributed by atoms with Crippen molar-refractivity contribution in [1.29, 1.82) is 0 Å². The molecule has 1 aromatic rings. The van der Waals surface area contributed by atoms with Crippen LogP contribution in [-0.4, -0.2) is 7.05 Å². The second-order valence-corrected chi connectivity index (χ2v) is 9.67. The van der Waals surface area contributed by atoms with E-state index in [-0.39, 0.29) is 0 Å². The molecule has 0 radical (unpaired) electrons. The van der Waals surface area contributed by atoms with Crippen molar-refractivity contribution in [3.8, 4) is 0 Å². The number of nitrogens with one attached hydrogen (secondary N) is 1. The summed E-state index contributed by atoms with van der Waals surface area (Å²) >= 11 is 9.14. The Morgan fingerprint density at radius 1 is 1.15 bits per heavy atom. The molecule has 0 bridgehead atoms. The molecule has 0 aliphatic heterocycles. The molecule has 1 aromatic heterocycles. The first-order valence-corrected chi connectivity index (χ1v) is 10.2. The van der Waals surface area contributed by atoms with Gasteiger partial charge in [0.2, 0.25) is 0 Å². The SMILES string of the molecule is CNC(c1cc(Br)c(Br)s1)C1CCC2CCCCC2C1. The maximum atomic E-state index is 3.64. The lowest BCUT2D eigenvalue weighted by atomic mass is 9.66. The quantitative estimate of drug-likeness (QED) is 0.618. The van der Waals surface area contributed by atoms with E-state index >= 15 is 0 Å². The summed E-state index contributed by atoms with van der Waals surface area (Å²) in [5.41, 5.74) is 0. The van der Waals surface area contributed by atoms with Crippen LogP contribution in [0.15, 0.2) is 14.3 Å². The first-order chi connectivity index (χ1) is 9.69. The average Bonchev–Trinajstić information content (AvgIpc) is 2.79. The molecule has 4 heteroatoms. The maximum Gasteiger partial charge on any atom is 0.0843 e. The maximum absolute atomic E-state index is 3.64. The van der Waals surface area contributed by atoms with E-state index < -0.39 is 0 Å². The Balaban J connectivity index is 1.73. The normalized spacial score (nSPS) is 31.9. The van der Waals surface area contributed by atoms with Crippen molar-refractivity contribution in [2.75, 3.05) is 7.05 Å². The monoisotopic (exact) mass is 419 g/mol. The van der Waals surface area contributed by atoms with Crippen LogP contribution in [0.2, 0.25) is 0 Å². The second kappa shape index (κ2) is 6.80. The topological polar surface area (TPSA) is 12.0 Å². The number of hydrogen-bond acceptors (Lipinski definition) is 2. The number of rotatable bonds is 3. The fraction of sp³-hybridized carbons (Fsp3) is 0.750. The summed E-state index contributed by atoms with van der Waals surface area (Å²) in [7, 11) is 2.12. The highest BCUT2D eigenvalue weighted by molar-refractivity contribution is 9.13. The first kappa shape index (κ1) is 15.5. The Hall–Kier alpha value is 0.620. The lowest BCUT2D eigenvalue weighted by molar-refractivity contribution is 0.112. The molecule has 1 heterocycles. The third-order valence-electron chi connectivity index (χ3n) is 5.33. The third kappa shape index (κ3) is 3.18. The minimum atomic E-state index is 0.533. The van der Waals surface area contributed by atoms with Crippen LogP contribution in [0.3, 0.4) is 0 Å². The van der Waals surface area contributed by atoms with E-state index in [0.29, 0.717) is 6.04 Å². The molecular formula is C16H23Br2NS. The van der Waals surface area contributed by atoms with Gasteiger partial charge in [-0.05, 0) is 82.0 Å². The van der Waals surface area contributed by atoms with Crippen molar-refractivity contribution in [3.05, 3.63) is 19.2 Å². The van der Waals surface area contributed by atoms with E-state index in [2.05, 4.69) is 50.3 Å². The van der Waals surface area contributed by atoms with Gasteiger partial charge in [0.05, 0.1) is 3.79 Å². The van der Waals surface area contributed by atoms with Crippen LogP contribution >= 0.6 is 43.2 Å². The summed E-state index contributed by atoms with van der Waals surface area (Å²) in [6.45, 7) is 0. The van der Waals surface area contributed by atoms with E-state index in [1.165, 1.54) is 58.1 Å². The molecule has 112 valence electrons. The predicted molar refractivity (Wildman–Crippen MR) is 94.3 cm³/mol. The Kier molecular flexibility index (Phi) is 5.28. The first-order valence-electron chi connectivity index (χ1n) is 7.81. The largest absolute Gasteiger partial charge is 0.312 e. The lowest BCUT2D eigenvalue weighted by Gasteiger charge is -2.41. The number of halogens is 2. The molecule has 0 aromatic carbocycles. The minimum Gasteiger partial charge on any atom is -0.312 e. The highest BCUT2D eigenvalue weighted by Crippen LogP contribution is 2.47. The zero-order valence-electron chi connectivity index (χ0n) is 12.0. The minimum absolute atomic E-state index is 0.533. The Labute approximate surface area is 143 Å². The summed E-state index contributed by atoms with van der Waals surface area (Å²) in [6, 6.07) is 2.83. The van der Waals surface area contributed by atoms with Crippen molar-refractivity contribution < 1.29 is 0 Å². The standard InChI is InChI=1S/C16H23Br2NS/c1-19-15(14-9-13(17)16(18)20-14)12-7-6-10-4-2-3-5-11(10)8-12/h9-12,15,19H,2-8H2,1H3. The Morgan fingerprint density at radius 3 is 2.55 bits per heavy atom. The van der Waals surface area contributed by atoms with Gasteiger partial charge < -0.3 is 5.32 Å². The molecule has 4 unspecified atom stereocenters. The summed E-state index contributed by atoms with van der Waals surface area (Å²) in [4.78, 5) is 1.48. The highest BCUT2D eigenvalue weighted by Gasteiger charge is 2.36. The van der Waals surface area contributed by atoms with Gasteiger partial charge in [0.25, 0.3) is 0 Å². The molecule has 20 heavy (non-hydrogen) atoms. The molecule has 2 aliphatic rings. The highest BCUT2D eigenvalue weighted by atomic mass is 79.9. The number of fused-ring (bicyclic) bond motifs is 1. The third-order valence-corrected chi connectivity index (χ3v) is 8.67. The van der Waals surface area contributed by atoms with Crippen LogP contribution in [0.25, 0.3) is 0 Å². The average molecular weight is 421 g/mol. The van der Waals surface area contributed by atoms with Gasteiger partial charge in [0.15, 0.2) is 0 Å². The van der Waals surface area contributed by atoms with Gasteiger partial charge in [0, 0.05) is 15.4 Å². The molecule has 0 saturated heterocycles. The summed E-state index contributed by atoms with van der Waals surface area (Å²) < 4.78 is 2.42. The molecule has 2 fully saturated rings. The summed E-state index contributed by atoms with van der Waals surface area (Å²) in [5, 5.41) is 3.59. The van der Waals surface area contributed by atoms with Crippen LogP contribution < -0.4 is 5.32 Å². The van der Waals surface area contributed by atoms with E-state index in [1.807, 2.05) is 11.3 Å². The van der Waals surface area contributed by atoms with Crippen LogP contribution in [0.5, 0.6) is 0 Å². The van der Waals surface area contributed by atoms with Crippen LogP contribution in [-0.2, 0) is 0 Å². The van der Waals surface area contributed by atoms with Gasteiger partial charge in [-0.2, -0.15) is 0 Å². The van der Waals surface area contributed by atoms with E-state index in [1.54, 1.807) is 0 Å². The molecule has 0 amide bonds. The molecule has 1 N–H and O–H groups in total. The molecule has 0 spiro atoms. The molecule has 4 atom stereocenters. The summed E-state index contributed by atoms with van der Waals surface area (Å²) in [5.74, 6) is 2.86. The lowest BCUT2D eigenvalue weighted by Crippen LogP contribution is -2.34. The van der Waals surface area contributed by atoms with Gasteiger partial charge in [-0.15, -0.1) is 11.3 Å². The molecule has 2 aliphatic carbocycles. The zero-order valence-corrected chi connectivity index (χ0v) is 16.0. The fourth-order valence-electron chi connectivity index (χ4n) is 4.34. The van der Waals surface area contributed by atoms with Gasteiger partial charge in [-0.3, -0.25) is 0 Å². The zero-order chi connectivity index (χ0) is 14.1. The van der Waals surface area contributed by atoms with Gasteiger partial charge in [-0.1, -0.05) is 25.7 Å². The summed E-state index contributed by atoms with van der Waals surface area (Å²) in [6.07, 6.45) is 10.2. The molecule has 3 rings (SSSR count). The van der Waals surface area contributed by atoms with E-state index in [9.17, 15) is 0 Å². The van der Waals surface area contributed by atoms with Gasteiger partial charge >= 0.3 is 0 Å². The molecule has 1 nitrogen and oxygen atoms in total. The van der Waals surface area contributed by atoms with Crippen LogP contribution in [0.4, 0.5) is 0 Å². The Bertz CT molecular complexity index is 440. The number of hydrogen-bond donors (Lipinski definition) is 1. The van der Waals surface area contributed by atoms with E-state index in [0.717, 1.165) is 17.8 Å². The van der Waals surface area contributed by atoms with Crippen LogP contribution in [0, 0.1) is 17.8 Å². The molecule has 2 saturated carbocycles. The predicted octanol–water partition coefficient (Wildman–Crippen LogP) is 6.14. The molecular weight excluding hydrogens is 398 g/mol. The van der Waals surface area contributed by atoms with Crippen molar-refractivity contribution >= 4 is 43.2 Å². The van der Waals surface area contributed by atoms with Crippen molar-refractivity contribution in [2.24, 2.45) is 17.8 Å². The van der Waals surface area contributed by atoms with Crippen molar-refractivity contribution in [2.45, 2.75) is 51.0 Å². The fourth-order valence-corrected chi connectivity index (χ4v) is 6.63. The second-order valence-electron chi connectivity index (χ2n) is 6.41. The van der Waals surface area contributed by atoms with E-state index in [4.69, 9.17) is 0 Å². The van der Waals surface area contributed by atoms with Crippen molar-refractivity contribution in [3.63, 3.8) is 0 Å². The number of thiophene rings is 1. The van der Waals surface area contributed by atoms with Crippen molar-refractivity contribution in [1.82, 2.24) is 5.32 Å². The van der Waals surface area contributed by atoms with Gasteiger partial charge in [-0.25, -0.2) is 0 Å². The van der Waals surface area contributed by atoms with Gasteiger partial charge in [0.1, 0.15) is 0 Å². The Morgan fingerprint density at radius 2 is 1.90 bits per heavy atom. The van der Waals surface area contributed by atoms with Crippen LogP contribution in [0.1, 0.15) is 55.9 Å².